The van der Waals surface area contributed by atoms with Crippen LogP contribution in [0.15, 0.2) is 66.7 Å². The molecule has 3 aromatic rings. The number of rotatable bonds is 4. The van der Waals surface area contributed by atoms with E-state index in [-0.39, 0.29) is 12.6 Å². The maximum absolute atomic E-state index is 9.43. The molecule has 0 aliphatic rings. The maximum atomic E-state index is 9.43. The van der Waals surface area contributed by atoms with Gasteiger partial charge in [-0.1, -0.05) is 60.7 Å². The number of aliphatic hydroxyl groups is 1. The number of benzene rings is 3. The van der Waals surface area contributed by atoms with Gasteiger partial charge in [-0.25, -0.2) is 0 Å². The van der Waals surface area contributed by atoms with Gasteiger partial charge in [0.1, 0.15) is 0 Å². The lowest BCUT2D eigenvalue weighted by Crippen LogP contribution is -2.09. The standard InChI is InChI=1S/C19H19NO/c1-14(20-19-12-5-3-8-16(19)13-21)17-11-6-9-15-7-2-4-10-18(15)17/h2-12,14,20-21H,13H2,1H3. The highest BCUT2D eigenvalue weighted by Gasteiger charge is 2.10. The Labute approximate surface area is 125 Å². The summed E-state index contributed by atoms with van der Waals surface area (Å²) < 4.78 is 0. The van der Waals surface area contributed by atoms with E-state index in [1.807, 2.05) is 24.3 Å². The number of anilines is 1. The molecule has 0 fully saturated rings. The summed E-state index contributed by atoms with van der Waals surface area (Å²) in [5.41, 5.74) is 3.17. The van der Waals surface area contributed by atoms with Crippen molar-refractivity contribution in [2.24, 2.45) is 0 Å². The topological polar surface area (TPSA) is 32.3 Å². The SMILES string of the molecule is CC(Nc1ccccc1CO)c1cccc2ccccc12. The molecule has 2 N–H and O–H groups in total. The Balaban J connectivity index is 1.96. The molecule has 2 heteroatoms. The van der Waals surface area contributed by atoms with Crippen LogP contribution in [0.1, 0.15) is 24.1 Å². The fourth-order valence-corrected chi connectivity index (χ4v) is 2.74. The molecule has 3 aromatic carbocycles. The molecular formula is C19H19NO. The summed E-state index contributed by atoms with van der Waals surface area (Å²) in [6, 6.07) is 22.8. The molecule has 0 spiro atoms. The smallest absolute Gasteiger partial charge is 0.0701 e. The van der Waals surface area contributed by atoms with Crippen molar-refractivity contribution < 1.29 is 5.11 Å². The number of hydrogen-bond acceptors (Lipinski definition) is 2. The van der Waals surface area contributed by atoms with Gasteiger partial charge in [0.15, 0.2) is 0 Å². The first-order valence-electron chi connectivity index (χ1n) is 7.22. The fraction of sp³-hybridized carbons (Fsp3) is 0.158. The molecular weight excluding hydrogens is 258 g/mol. The first-order valence-corrected chi connectivity index (χ1v) is 7.22. The van der Waals surface area contributed by atoms with Gasteiger partial charge in [-0.3, -0.25) is 0 Å². The average Bonchev–Trinajstić information content (AvgIpc) is 2.54. The van der Waals surface area contributed by atoms with Gasteiger partial charge < -0.3 is 10.4 Å². The van der Waals surface area contributed by atoms with Crippen LogP contribution in [-0.2, 0) is 6.61 Å². The predicted molar refractivity (Wildman–Crippen MR) is 88.4 cm³/mol. The second-order valence-electron chi connectivity index (χ2n) is 5.25. The Morgan fingerprint density at radius 2 is 1.62 bits per heavy atom. The second-order valence-corrected chi connectivity index (χ2v) is 5.25. The molecule has 3 rings (SSSR count). The highest BCUT2D eigenvalue weighted by Crippen LogP contribution is 2.28. The first-order chi connectivity index (χ1) is 10.3. The largest absolute Gasteiger partial charge is 0.392 e. The Bertz CT molecular complexity index is 746. The van der Waals surface area contributed by atoms with Crippen LogP contribution in [0.25, 0.3) is 10.8 Å². The van der Waals surface area contributed by atoms with Crippen LogP contribution in [0, 0.1) is 0 Å². The molecule has 106 valence electrons. The Hall–Kier alpha value is -2.32. The summed E-state index contributed by atoms with van der Waals surface area (Å²) in [4.78, 5) is 0. The van der Waals surface area contributed by atoms with E-state index in [0.717, 1.165) is 11.3 Å². The van der Waals surface area contributed by atoms with E-state index in [0.29, 0.717) is 0 Å². The van der Waals surface area contributed by atoms with Crippen LogP contribution in [0.4, 0.5) is 5.69 Å². The van der Waals surface area contributed by atoms with Gasteiger partial charge in [0.05, 0.1) is 6.61 Å². The molecule has 0 radical (unpaired) electrons. The van der Waals surface area contributed by atoms with Crippen molar-refractivity contribution >= 4 is 16.5 Å². The van der Waals surface area contributed by atoms with Crippen LogP contribution < -0.4 is 5.32 Å². The third-order valence-electron chi connectivity index (χ3n) is 3.85. The van der Waals surface area contributed by atoms with Crippen molar-refractivity contribution in [3.05, 3.63) is 77.9 Å². The minimum atomic E-state index is 0.0471. The van der Waals surface area contributed by atoms with E-state index in [9.17, 15) is 5.11 Å². The second kappa shape index (κ2) is 5.98. The van der Waals surface area contributed by atoms with Crippen molar-refractivity contribution in [2.45, 2.75) is 19.6 Å². The lowest BCUT2D eigenvalue weighted by Gasteiger charge is -2.19. The van der Waals surface area contributed by atoms with Crippen LogP contribution >= 0.6 is 0 Å². The summed E-state index contributed by atoms with van der Waals surface area (Å²) in [6.45, 7) is 2.20. The van der Waals surface area contributed by atoms with Gasteiger partial charge in [0.25, 0.3) is 0 Å². The number of fused-ring (bicyclic) bond motifs is 1. The molecule has 21 heavy (non-hydrogen) atoms. The molecule has 0 aromatic heterocycles. The van der Waals surface area contributed by atoms with Crippen molar-refractivity contribution in [3.8, 4) is 0 Å². The highest BCUT2D eigenvalue weighted by molar-refractivity contribution is 5.86. The van der Waals surface area contributed by atoms with Crippen molar-refractivity contribution in [1.82, 2.24) is 0 Å². The zero-order valence-electron chi connectivity index (χ0n) is 12.1. The molecule has 2 nitrogen and oxygen atoms in total. The van der Waals surface area contributed by atoms with E-state index >= 15 is 0 Å². The molecule has 0 amide bonds. The number of aliphatic hydroxyl groups excluding tert-OH is 1. The molecule has 0 aliphatic carbocycles. The highest BCUT2D eigenvalue weighted by atomic mass is 16.3. The lowest BCUT2D eigenvalue weighted by molar-refractivity contribution is 0.282. The summed E-state index contributed by atoms with van der Waals surface area (Å²) in [5, 5.41) is 15.5. The first kappa shape index (κ1) is 13.7. The maximum Gasteiger partial charge on any atom is 0.0701 e. The third kappa shape index (κ3) is 2.76. The van der Waals surface area contributed by atoms with E-state index in [1.54, 1.807) is 0 Å². The van der Waals surface area contributed by atoms with Crippen molar-refractivity contribution in [3.63, 3.8) is 0 Å². The lowest BCUT2D eigenvalue weighted by atomic mass is 9.99. The molecule has 0 saturated carbocycles. The van der Waals surface area contributed by atoms with E-state index < -0.39 is 0 Å². The van der Waals surface area contributed by atoms with Crippen LogP contribution in [0.5, 0.6) is 0 Å². The molecule has 1 unspecified atom stereocenters. The zero-order valence-corrected chi connectivity index (χ0v) is 12.1. The van der Waals surface area contributed by atoms with Gasteiger partial charge >= 0.3 is 0 Å². The van der Waals surface area contributed by atoms with Gasteiger partial charge in [-0.15, -0.1) is 0 Å². The molecule has 0 aliphatic heterocycles. The zero-order chi connectivity index (χ0) is 14.7. The summed E-state index contributed by atoms with van der Waals surface area (Å²) >= 11 is 0. The predicted octanol–water partition coefficient (Wildman–Crippen LogP) is 4.51. The van der Waals surface area contributed by atoms with Gasteiger partial charge in [0, 0.05) is 17.3 Å². The fourth-order valence-electron chi connectivity index (χ4n) is 2.74. The van der Waals surface area contributed by atoms with E-state index in [2.05, 4.69) is 54.7 Å². The summed E-state index contributed by atoms with van der Waals surface area (Å²) in [5.74, 6) is 0. The van der Waals surface area contributed by atoms with Crippen LogP contribution in [-0.4, -0.2) is 5.11 Å². The Kier molecular flexibility index (Phi) is 3.89. The molecule has 0 heterocycles. The van der Waals surface area contributed by atoms with Crippen molar-refractivity contribution in [1.29, 1.82) is 0 Å². The third-order valence-corrected chi connectivity index (χ3v) is 3.85. The molecule has 0 bridgehead atoms. The van der Waals surface area contributed by atoms with Crippen LogP contribution in [0.2, 0.25) is 0 Å². The Morgan fingerprint density at radius 3 is 2.48 bits per heavy atom. The number of nitrogens with one attached hydrogen (secondary N) is 1. The molecule has 1 atom stereocenters. The normalized spacial score (nSPS) is 12.3. The van der Waals surface area contributed by atoms with Gasteiger partial charge in [-0.2, -0.15) is 0 Å². The summed E-state index contributed by atoms with van der Waals surface area (Å²) in [6.07, 6.45) is 0. The average molecular weight is 277 g/mol. The summed E-state index contributed by atoms with van der Waals surface area (Å²) in [7, 11) is 0. The van der Waals surface area contributed by atoms with Crippen molar-refractivity contribution in [2.75, 3.05) is 5.32 Å². The van der Waals surface area contributed by atoms with E-state index in [1.165, 1.54) is 16.3 Å². The van der Waals surface area contributed by atoms with Gasteiger partial charge in [0.2, 0.25) is 0 Å². The monoisotopic (exact) mass is 277 g/mol. The minimum Gasteiger partial charge on any atom is -0.392 e. The van der Waals surface area contributed by atoms with Gasteiger partial charge in [-0.05, 0) is 29.3 Å². The Morgan fingerprint density at radius 1 is 0.905 bits per heavy atom. The molecule has 0 saturated heterocycles. The minimum absolute atomic E-state index is 0.0471. The van der Waals surface area contributed by atoms with E-state index in [4.69, 9.17) is 0 Å². The number of para-hydroxylation sites is 1. The van der Waals surface area contributed by atoms with Crippen LogP contribution in [0.3, 0.4) is 0 Å². The number of hydrogen-bond donors (Lipinski definition) is 2. The quantitative estimate of drug-likeness (QED) is 0.735.